The summed E-state index contributed by atoms with van der Waals surface area (Å²) >= 11 is 3.50. The van der Waals surface area contributed by atoms with Crippen molar-refractivity contribution in [3.05, 3.63) is 57.3 Å². The van der Waals surface area contributed by atoms with Crippen molar-refractivity contribution >= 4 is 21.6 Å². The highest BCUT2D eigenvalue weighted by Gasteiger charge is 2.17. The summed E-state index contributed by atoms with van der Waals surface area (Å²) in [6, 6.07) is 10.3. The lowest BCUT2D eigenvalue weighted by atomic mass is 10.1. The molecule has 21 heavy (non-hydrogen) atoms. The van der Waals surface area contributed by atoms with Crippen molar-refractivity contribution < 1.29 is 9.13 Å². The van der Waals surface area contributed by atoms with Crippen molar-refractivity contribution in [3.8, 4) is 11.8 Å². The van der Waals surface area contributed by atoms with Crippen LogP contribution in [0.1, 0.15) is 16.7 Å². The van der Waals surface area contributed by atoms with E-state index in [-0.39, 0.29) is 5.56 Å². The molecule has 0 spiro atoms. The smallest absolute Gasteiger partial charge is 0.141 e. The molecule has 0 aromatic heterocycles. The fourth-order valence-electron chi connectivity index (χ4n) is 2.40. The van der Waals surface area contributed by atoms with Gasteiger partial charge in [0.25, 0.3) is 0 Å². The number of rotatable bonds is 3. The third-order valence-corrected chi connectivity index (χ3v) is 3.85. The Morgan fingerprint density at radius 3 is 3.00 bits per heavy atom. The number of anilines is 1. The zero-order chi connectivity index (χ0) is 14.8. The van der Waals surface area contributed by atoms with Crippen LogP contribution >= 0.6 is 15.9 Å². The first kappa shape index (κ1) is 13.9. The Hall–Kier alpha value is -2.06. The van der Waals surface area contributed by atoms with Gasteiger partial charge in [-0.05, 0) is 35.9 Å². The van der Waals surface area contributed by atoms with Crippen LogP contribution in [0, 0.1) is 17.1 Å². The van der Waals surface area contributed by atoms with Crippen molar-refractivity contribution in [2.45, 2.75) is 13.0 Å². The molecule has 5 heteroatoms. The Bertz CT molecular complexity index is 740. The van der Waals surface area contributed by atoms with E-state index < -0.39 is 5.82 Å². The van der Waals surface area contributed by atoms with E-state index in [1.165, 1.54) is 17.7 Å². The molecule has 0 fully saturated rings. The Labute approximate surface area is 130 Å². The molecule has 0 amide bonds. The summed E-state index contributed by atoms with van der Waals surface area (Å²) in [5, 5.41) is 12.0. The molecule has 1 heterocycles. The third-order valence-electron chi connectivity index (χ3n) is 3.40. The molecule has 0 atom stereocenters. The summed E-state index contributed by atoms with van der Waals surface area (Å²) < 4.78 is 20.0. The summed E-state index contributed by atoms with van der Waals surface area (Å²) in [6.07, 6.45) is 0.914. The fourth-order valence-corrected chi connectivity index (χ4v) is 2.95. The number of nitrogens with zero attached hydrogens (tertiary/aromatic N) is 1. The van der Waals surface area contributed by atoms with Gasteiger partial charge in [-0.1, -0.05) is 15.9 Å². The molecular formula is C16H12BrFN2O. The number of halogens is 2. The van der Waals surface area contributed by atoms with Gasteiger partial charge in [-0.25, -0.2) is 4.39 Å². The maximum Gasteiger partial charge on any atom is 0.141 e. The third kappa shape index (κ3) is 2.86. The Morgan fingerprint density at radius 2 is 2.19 bits per heavy atom. The molecule has 2 aromatic carbocycles. The standard InChI is InChI=1S/C16H12BrFN2O/c17-13-5-10-3-4-21-16(10)12(6-13)9-20-14-1-2-15(18)11(7-14)8-19/h1-2,5-7,20H,3-4,9H2. The van der Waals surface area contributed by atoms with Crippen LogP contribution in [-0.2, 0) is 13.0 Å². The molecule has 0 bridgehead atoms. The van der Waals surface area contributed by atoms with Gasteiger partial charge in [-0.3, -0.25) is 0 Å². The highest BCUT2D eigenvalue weighted by molar-refractivity contribution is 9.10. The van der Waals surface area contributed by atoms with Gasteiger partial charge in [0.05, 0.1) is 12.2 Å². The van der Waals surface area contributed by atoms with Crippen molar-refractivity contribution in [1.82, 2.24) is 0 Å². The van der Waals surface area contributed by atoms with E-state index in [9.17, 15) is 4.39 Å². The predicted molar refractivity (Wildman–Crippen MR) is 81.8 cm³/mol. The molecule has 0 saturated heterocycles. The van der Waals surface area contributed by atoms with Gasteiger partial charge >= 0.3 is 0 Å². The summed E-state index contributed by atoms with van der Waals surface area (Å²) in [4.78, 5) is 0. The molecule has 1 N–H and O–H groups in total. The average Bonchev–Trinajstić information content (AvgIpc) is 2.94. The number of ether oxygens (including phenoxy) is 1. The van der Waals surface area contributed by atoms with Gasteiger partial charge in [0.15, 0.2) is 0 Å². The summed E-state index contributed by atoms with van der Waals surface area (Å²) in [5.74, 6) is 0.419. The van der Waals surface area contributed by atoms with E-state index >= 15 is 0 Å². The minimum Gasteiger partial charge on any atom is -0.493 e. The van der Waals surface area contributed by atoms with E-state index in [0.29, 0.717) is 18.8 Å². The van der Waals surface area contributed by atoms with Crippen LogP contribution in [0.5, 0.6) is 5.75 Å². The maximum atomic E-state index is 13.3. The molecular weight excluding hydrogens is 335 g/mol. The molecule has 1 aliphatic rings. The van der Waals surface area contributed by atoms with Crippen molar-refractivity contribution in [2.75, 3.05) is 11.9 Å². The predicted octanol–water partition coefficient (Wildman–Crippen LogP) is 4.01. The highest BCUT2D eigenvalue weighted by atomic mass is 79.9. The molecule has 3 nitrogen and oxygen atoms in total. The summed E-state index contributed by atoms with van der Waals surface area (Å²) in [7, 11) is 0. The second-order valence-corrected chi connectivity index (χ2v) is 5.73. The minimum atomic E-state index is -0.505. The normalized spacial score (nSPS) is 12.4. The van der Waals surface area contributed by atoms with E-state index in [1.807, 2.05) is 12.1 Å². The van der Waals surface area contributed by atoms with E-state index in [2.05, 4.69) is 27.3 Å². The first-order valence-corrected chi connectivity index (χ1v) is 7.34. The van der Waals surface area contributed by atoms with Gasteiger partial charge in [0.2, 0.25) is 0 Å². The second kappa shape index (κ2) is 5.74. The topological polar surface area (TPSA) is 45.0 Å². The van der Waals surface area contributed by atoms with E-state index in [0.717, 1.165) is 22.2 Å². The van der Waals surface area contributed by atoms with Gasteiger partial charge < -0.3 is 10.1 Å². The number of hydrogen-bond acceptors (Lipinski definition) is 3. The number of fused-ring (bicyclic) bond motifs is 1. The van der Waals surface area contributed by atoms with Crippen LogP contribution in [-0.4, -0.2) is 6.61 Å². The van der Waals surface area contributed by atoms with Crippen LogP contribution in [0.2, 0.25) is 0 Å². The largest absolute Gasteiger partial charge is 0.493 e. The summed E-state index contributed by atoms with van der Waals surface area (Å²) in [5.41, 5.74) is 2.98. The lowest BCUT2D eigenvalue weighted by Gasteiger charge is -2.11. The molecule has 0 aliphatic carbocycles. The SMILES string of the molecule is N#Cc1cc(NCc2cc(Br)cc3c2OCC3)ccc1F. The van der Waals surface area contributed by atoms with E-state index in [4.69, 9.17) is 10.00 Å². The molecule has 0 unspecified atom stereocenters. The van der Waals surface area contributed by atoms with E-state index in [1.54, 1.807) is 6.07 Å². The van der Waals surface area contributed by atoms with Crippen molar-refractivity contribution in [1.29, 1.82) is 5.26 Å². The Balaban J connectivity index is 1.81. The quantitative estimate of drug-likeness (QED) is 0.913. The molecule has 0 radical (unpaired) electrons. The number of hydrogen-bond donors (Lipinski definition) is 1. The average molecular weight is 347 g/mol. The van der Waals surface area contributed by atoms with Crippen LogP contribution in [0.15, 0.2) is 34.8 Å². The lowest BCUT2D eigenvalue weighted by Crippen LogP contribution is -2.02. The van der Waals surface area contributed by atoms with Gasteiger partial charge in [0.1, 0.15) is 17.6 Å². The fraction of sp³-hybridized carbons (Fsp3) is 0.188. The summed E-state index contributed by atoms with van der Waals surface area (Å²) in [6.45, 7) is 1.26. The Morgan fingerprint density at radius 1 is 1.33 bits per heavy atom. The highest BCUT2D eigenvalue weighted by Crippen LogP contribution is 2.33. The van der Waals surface area contributed by atoms with Gasteiger partial charge in [-0.15, -0.1) is 0 Å². The molecule has 2 aromatic rings. The molecule has 0 saturated carbocycles. The zero-order valence-electron chi connectivity index (χ0n) is 11.1. The van der Waals surface area contributed by atoms with Gasteiger partial charge in [0, 0.05) is 28.7 Å². The zero-order valence-corrected chi connectivity index (χ0v) is 12.7. The lowest BCUT2D eigenvalue weighted by molar-refractivity contribution is 0.354. The number of nitrogens with one attached hydrogen (secondary N) is 1. The van der Waals surface area contributed by atoms with Crippen LogP contribution in [0.3, 0.4) is 0 Å². The minimum absolute atomic E-state index is 0.0377. The Kier molecular flexibility index (Phi) is 3.80. The molecule has 3 rings (SSSR count). The van der Waals surface area contributed by atoms with Crippen molar-refractivity contribution in [2.24, 2.45) is 0 Å². The monoisotopic (exact) mass is 346 g/mol. The van der Waals surface area contributed by atoms with Crippen LogP contribution < -0.4 is 10.1 Å². The number of nitriles is 1. The molecule has 106 valence electrons. The van der Waals surface area contributed by atoms with Crippen LogP contribution in [0.4, 0.5) is 10.1 Å². The van der Waals surface area contributed by atoms with Crippen molar-refractivity contribution in [3.63, 3.8) is 0 Å². The number of benzene rings is 2. The second-order valence-electron chi connectivity index (χ2n) is 4.81. The van der Waals surface area contributed by atoms with Gasteiger partial charge in [-0.2, -0.15) is 5.26 Å². The molecule has 1 aliphatic heterocycles. The first-order chi connectivity index (χ1) is 10.2. The maximum absolute atomic E-state index is 13.3. The van der Waals surface area contributed by atoms with Crippen LogP contribution in [0.25, 0.3) is 0 Å². The first-order valence-electron chi connectivity index (χ1n) is 6.55.